The van der Waals surface area contributed by atoms with Crippen LogP contribution in [0.15, 0.2) is 54.6 Å². The lowest BCUT2D eigenvalue weighted by Gasteiger charge is -2.39. The molecule has 2 atom stereocenters. The van der Waals surface area contributed by atoms with Crippen molar-refractivity contribution in [3.8, 4) is 0 Å². The van der Waals surface area contributed by atoms with Crippen molar-refractivity contribution in [2.24, 2.45) is 0 Å². The van der Waals surface area contributed by atoms with Gasteiger partial charge in [0.2, 0.25) is 0 Å². The fourth-order valence-corrected chi connectivity index (χ4v) is 3.98. The van der Waals surface area contributed by atoms with Crippen LogP contribution in [0.5, 0.6) is 0 Å². The van der Waals surface area contributed by atoms with E-state index in [1.807, 2.05) is 42.5 Å². The Labute approximate surface area is 172 Å². The number of amides is 1. The van der Waals surface area contributed by atoms with Crippen LogP contribution in [0, 0.1) is 0 Å². The zero-order valence-corrected chi connectivity index (χ0v) is 17.0. The molecule has 0 bridgehead atoms. The molecule has 0 aromatic heterocycles. The zero-order chi connectivity index (χ0) is 18.5. The molecule has 2 unspecified atom stereocenters. The lowest BCUT2D eigenvalue weighted by atomic mass is 9.91. The molecule has 2 aromatic rings. The maximum Gasteiger partial charge on any atom is 0.407 e. The quantitative estimate of drug-likeness (QED) is 0.720. The second kappa shape index (κ2) is 9.98. The summed E-state index contributed by atoms with van der Waals surface area (Å²) in [4.78, 5) is 15.7. The van der Waals surface area contributed by atoms with Gasteiger partial charge in [-0.1, -0.05) is 54.1 Å². The normalized spacial score (nSPS) is 16.4. The third-order valence-corrected chi connectivity index (χ3v) is 5.44. The largest absolute Gasteiger partial charge is 0.465 e. The number of carbonyl (C=O) groups is 1. The van der Waals surface area contributed by atoms with E-state index in [1.165, 1.54) is 10.5 Å². The van der Waals surface area contributed by atoms with Gasteiger partial charge in [0.05, 0.1) is 6.04 Å². The van der Waals surface area contributed by atoms with Gasteiger partial charge < -0.3 is 10.0 Å². The number of likely N-dealkylation sites (tertiary alicyclic amines) is 1. The van der Waals surface area contributed by atoms with Crippen LogP contribution in [0.1, 0.15) is 30.0 Å². The minimum atomic E-state index is -0.915. The molecule has 4 nitrogen and oxygen atoms in total. The fourth-order valence-electron chi connectivity index (χ4n) is 3.85. The van der Waals surface area contributed by atoms with Gasteiger partial charge in [-0.15, -0.1) is 12.4 Å². The first-order chi connectivity index (χ1) is 12.6. The molecule has 0 saturated carbocycles. The highest BCUT2D eigenvalue weighted by molar-refractivity contribution is 6.30. The number of likely N-dealkylation sites (N-methyl/N-ethyl adjacent to an activating group) is 1. The first-order valence-corrected chi connectivity index (χ1v) is 9.43. The first-order valence-electron chi connectivity index (χ1n) is 9.05. The molecule has 1 aliphatic heterocycles. The highest BCUT2D eigenvalue weighted by Crippen LogP contribution is 2.32. The van der Waals surface area contributed by atoms with Crippen molar-refractivity contribution in [3.05, 3.63) is 70.7 Å². The third kappa shape index (κ3) is 5.38. The van der Waals surface area contributed by atoms with E-state index in [9.17, 15) is 9.90 Å². The summed E-state index contributed by atoms with van der Waals surface area (Å²) >= 11 is 6.05. The molecule has 146 valence electrons. The monoisotopic (exact) mass is 408 g/mol. The molecule has 0 radical (unpaired) electrons. The number of benzene rings is 2. The van der Waals surface area contributed by atoms with Crippen LogP contribution in [-0.2, 0) is 6.42 Å². The molecule has 1 fully saturated rings. The number of rotatable bonds is 6. The summed E-state index contributed by atoms with van der Waals surface area (Å²) in [6, 6.07) is 17.7. The van der Waals surface area contributed by atoms with E-state index < -0.39 is 6.09 Å². The zero-order valence-electron chi connectivity index (χ0n) is 15.4. The lowest BCUT2D eigenvalue weighted by Crippen LogP contribution is -2.47. The van der Waals surface area contributed by atoms with E-state index in [1.54, 1.807) is 7.05 Å². The number of hydrogen-bond donors (Lipinski definition) is 1. The van der Waals surface area contributed by atoms with Crippen molar-refractivity contribution in [2.75, 3.05) is 20.1 Å². The molecule has 3 rings (SSSR count). The standard InChI is InChI=1S/C21H25ClN2O2.ClH/c1-23(21(25)26)20(17-9-11-18(22)12-10-17)19(24-13-5-6-14-24)15-16-7-3-2-4-8-16;/h2-4,7-12,19-20H,5-6,13-15H2,1H3,(H,25,26);1H. The first kappa shape index (κ1) is 21.5. The molecule has 1 saturated heterocycles. The summed E-state index contributed by atoms with van der Waals surface area (Å²) in [6.45, 7) is 2.02. The number of halogens is 2. The molecule has 2 aromatic carbocycles. The van der Waals surface area contributed by atoms with Gasteiger partial charge >= 0.3 is 6.09 Å². The Morgan fingerprint density at radius 2 is 1.70 bits per heavy atom. The Hall–Kier alpha value is -1.75. The molecular weight excluding hydrogens is 383 g/mol. The number of carboxylic acid groups (broad SMARTS) is 1. The average molecular weight is 409 g/mol. The number of hydrogen-bond acceptors (Lipinski definition) is 2. The number of nitrogens with zero attached hydrogens (tertiary/aromatic N) is 2. The van der Waals surface area contributed by atoms with Crippen LogP contribution in [0.4, 0.5) is 4.79 Å². The van der Waals surface area contributed by atoms with Crippen molar-refractivity contribution >= 4 is 30.1 Å². The topological polar surface area (TPSA) is 43.8 Å². The Kier molecular flexibility index (Phi) is 7.96. The van der Waals surface area contributed by atoms with Crippen LogP contribution in [0.25, 0.3) is 0 Å². The van der Waals surface area contributed by atoms with Crippen LogP contribution < -0.4 is 0 Å². The SMILES string of the molecule is CN(C(=O)O)C(c1ccc(Cl)cc1)C(Cc1ccccc1)N1CCCC1.Cl. The Balaban J connectivity index is 0.00000261. The van der Waals surface area contributed by atoms with Crippen LogP contribution >= 0.6 is 24.0 Å². The van der Waals surface area contributed by atoms with Crippen molar-refractivity contribution in [1.82, 2.24) is 9.80 Å². The van der Waals surface area contributed by atoms with Crippen LogP contribution in [0.2, 0.25) is 5.02 Å². The summed E-state index contributed by atoms with van der Waals surface area (Å²) < 4.78 is 0. The molecular formula is C21H26Cl2N2O2. The maximum absolute atomic E-state index is 11.8. The van der Waals surface area contributed by atoms with E-state index in [0.717, 1.165) is 37.9 Å². The minimum absolute atomic E-state index is 0. The van der Waals surface area contributed by atoms with Crippen molar-refractivity contribution < 1.29 is 9.90 Å². The summed E-state index contributed by atoms with van der Waals surface area (Å²) in [6.07, 6.45) is 2.22. The van der Waals surface area contributed by atoms with Gasteiger partial charge in [0.1, 0.15) is 0 Å². The molecule has 1 amide bonds. The van der Waals surface area contributed by atoms with E-state index in [4.69, 9.17) is 11.6 Å². The van der Waals surface area contributed by atoms with Gasteiger partial charge in [-0.05, 0) is 55.6 Å². The molecule has 6 heteroatoms. The molecule has 27 heavy (non-hydrogen) atoms. The maximum atomic E-state index is 11.8. The summed E-state index contributed by atoms with van der Waals surface area (Å²) in [5, 5.41) is 10.4. The van der Waals surface area contributed by atoms with Gasteiger partial charge in [-0.2, -0.15) is 0 Å². The van der Waals surface area contributed by atoms with E-state index in [0.29, 0.717) is 5.02 Å². The van der Waals surface area contributed by atoms with Gasteiger partial charge in [0.15, 0.2) is 0 Å². The van der Waals surface area contributed by atoms with Gasteiger partial charge in [0, 0.05) is 18.1 Å². The van der Waals surface area contributed by atoms with E-state index >= 15 is 0 Å². The van der Waals surface area contributed by atoms with Gasteiger partial charge in [-0.25, -0.2) is 4.79 Å². The fraction of sp³-hybridized carbons (Fsp3) is 0.381. The third-order valence-electron chi connectivity index (χ3n) is 5.19. The Bertz CT molecular complexity index is 719. The predicted octanol–water partition coefficient (Wildman–Crippen LogP) is 5.12. The second-order valence-corrected chi connectivity index (χ2v) is 7.33. The smallest absolute Gasteiger partial charge is 0.407 e. The predicted molar refractivity (Wildman–Crippen MR) is 112 cm³/mol. The molecule has 1 aliphatic rings. The minimum Gasteiger partial charge on any atom is -0.465 e. The summed E-state index contributed by atoms with van der Waals surface area (Å²) in [7, 11) is 1.66. The van der Waals surface area contributed by atoms with E-state index in [-0.39, 0.29) is 24.5 Å². The van der Waals surface area contributed by atoms with Crippen molar-refractivity contribution in [1.29, 1.82) is 0 Å². The van der Waals surface area contributed by atoms with Crippen LogP contribution in [0.3, 0.4) is 0 Å². The van der Waals surface area contributed by atoms with Crippen LogP contribution in [-0.4, -0.2) is 47.2 Å². The summed E-state index contributed by atoms with van der Waals surface area (Å²) in [5.74, 6) is 0. The van der Waals surface area contributed by atoms with E-state index in [2.05, 4.69) is 17.0 Å². The Morgan fingerprint density at radius 1 is 1.11 bits per heavy atom. The molecule has 0 spiro atoms. The molecule has 0 aliphatic carbocycles. The second-order valence-electron chi connectivity index (χ2n) is 6.89. The van der Waals surface area contributed by atoms with Crippen molar-refractivity contribution in [2.45, 2.75) is 31.3 Å². The molecule has 1 heterocycles. The average Bonchev–Trinajstić information content (AvgIpc) is 3.18. The van der Waals surface area contributed by atoms with Gasteiger partial charge in [-0.3, -0.25) is 4.90 Å². The summed E-state index contributed by atoms with van der Waals surface area (Å²) in [5.41, 5.74) is 2.20. The highest BCUT2D eigenvalue weighted by Gasteiger charge is 2.35. The van der Waals surface area contributed by atoms with Gasteiger partial charge in [0.25, 0.3) is 0 Å². The molecule has 1 N–H and O–H groups in total. The lowest BCUT2D eigenvalue weighted by molar-refractivity contribution is 0.0931. The highest BCUT2D eigenvalue weighted by atomic mass is 35.5. The Morgan fingerprint density at radius 3 is 2.26 bits per heavy atom. The van der Waals surface area contributed by atoms with Crippen molar-refractivity contribution in [3.63, 3.8) is 0 Å².